The fourth-order valence-corrected chi connectivity index (χ4v) is 6.51. The number of aliphatic hydroxyl groups excluding tert-OH is 6. The van der Waals surface area contributed by atoms with E-state index in [2.05, 4.69) is 31.3 Å². The Hall–Kier alpha value is -1.11. The highest BCUT2D eigenvalue weighted by Gasteiger charge is 2.44. The normalized spacial score (nSPS) is 22.9. The molecule has 10 heteroatoms. The Morgan fingerprint density at radius 2 is 1.12 bits per heavy atom. The summed E-state index contributed by atoms with van der Waals surface area (Å²) in [6.07, 6.45) is 22.6. The van der Waals surface area contributed by atoms with Gasteiger partial charge in [-0.2, -0.15) is 0 Å². The van der Waals surface area contributed by atoms with Crippen LogP contribution in [0.3, 0.4) is 0 Å². The van der Waals surface area contributed by atoms with Crippen molar-refractivity contribution in [2.45, 2.75) is 223 Å². The molecule has 296 valence electrons. The summed E-state index contributed by atoms with van der Waals surface area (Å²) in [6, 6.07) is -0.897. The fourth-order valence-electron chi connectivity index (χ4n) is 6.51. The van der Waals surface area contributed by atoms with Crippen molar-refractivity contribution >= 4 is 5.91 Å². The van der Waals surface area contributed by atoms with E-state index in [0.717, 1.165) is 44.9 Å². The smallest absolute Gasteiger partial charge is 0.249 e. The summed E-state index contributed by atoms with van der Waals surface area (Å²) in [7, 11) is 0. The summed E-state index contributed by atoms with van der Waals surface area (Å²) >= 11 is 0. The largest absolute Gasteiger partial charge is 0.394 e. The molecule has 1 aliphatic heterocycles. The van der Waals surface area contributed by atoms with Gasteiger partial charge < -0.3 is 45.4 Å². The second-order valence-corrected chi connectivity index (χ2v) is 14.6. The molecule has 10 nitrogen and oxygen atoms in total. The van der Waals surface area contributed by atoms with Gasteiger partial charge in [-0.3, -0.25) is 4.79 Å². The van der Waals surface area contributed by atoms with Gasteiger partial charge in [-0.05, 0) is 38.5 Å². The summed E-state index contributed by atoms with van der Waals surface area (Å²) in [4.78, 5) is 13.0. The fraction of sp³-hybridized carbons (Fsp3) is 0.925. The maximum absolute atomic E-state index is 13.0. The lowest BCUT2D eigenvalue weighted by molar-refractivity contribution is -0.302. The van der Waals surface area contributed by atoms with Crippen LogP contribution in [0, 0.1) is 0 Å². The average Bonchev–Trinajstić information content (AvgIpc) is 3.11. The minimum Gasteiger partial charge on any atom is -0.394 e. The Labute approximate surface area is 304 Å². The van der Waals surface area contributed by atoms with Crippen molar-refractivity contribution in [3.63, 3.8) is 0 Å². The SMILES string of the molecule is CCCCCCCC/C=C\CCCCC(O)C(=O)NC(COC1OC(CO)C(O)C(O)C1O)C(O)CCCCCCCCCCCCCCC. The molecule has 8 unspecified atom stereocenters. The van der Waals surface area contributed by atoms with E-state index in [4.69, 9.17) is 9.47 Å². The summed E-state index contributed by atoms with van der Waals surface area (Å²) in [6.45, 7) is 3.62. The quantitative estimate of drug-likeness (QED) is 0.0302. The van der Waals surface area contributed by atoms with Gasteiger partial charge in [-0.25, -0.2) is 0 Å². The van der Waals surface area contributed by atoms with Gasteiger partial charge in [0, 0.05) is 0 Å². The molecular weight excluding hydrogens is 638 g/mol. The number of rotatable bonds is 33. The zero-order valence-electron chi connectivity index (χ0n) is 31.8. The van der Waals surface area contributed by atoms with E-state index in [0.29, 0.717) is 19.3 Å². The second-order valence-electron chi connectivity index (χ2n) is 14.6. The predicted molar refractivity (Wildman–Crippen MR) is 200 cm³/mol. The average molecular weight is 716 g/mol. The summed E-state index contributed by atoms with van der Waals surface area (Å²) in [5.74, 6) is -0.601. The van der Waals surface area contributed by atoms with Crippen molar-refractivity contribution in [3.05, 3.63) is 12.2 Å². The lowest BCUT2D eigenvalue weighted by atomic mass is 9.99. The first-order valence-electron chi connectivity index (χ1n) is 20.5. The first kappa shape index (κ1) is 46.9. The molecule has 1 fully saturated rings. The zero-order valence-corrected chi connectivity index (χ0v) is 31.8. The number of hydrogen-bond acceptors (Lipinski definition) is 9. The third-order valence-electron chi connectivity index (χ3n) is 9.98. The molecule has 0 radical (unpaired) electrons. The molecular formula is C40H77NO9. The number of amides is 1. The van der Waals surface area contributed by atoms with Gasteiger partial charge in [0.15, 0.2) is 6.29 Å². The lowest BCUT2D eigenvalue weighted by Crippen LogP contribution is -2.60. The third kappa shape index (κ3) is 22.1. The second kappa shape index (κ2) is 31.4. The van der Waals surface area contributed by atoms with Crippen LogP contribution in [0.2, 0.25) is 0 Å². The summed E-state index contributed by atoms with van der Waals surface area (Å²) in [5.41, 5.74) is 0. The molecule has 0 bridgehead atoms. The number of hydrogen-bond donors (Lipinski definition) is 7. The topological polar surface area (TPSA) is 169 Å². The van der Waals surface area contributed by atoms with E-state index in [1.54, 1.807) is 0 Å². The van der Waals surface area contributed by atoms with Crippen molar-refractivity contribution in [2.75, 3.05) is 13.2 Å². The Kier molecular flexibility index (Phi) is 29.5. The van der Waals surface area contributed by atoms with E-state index in [1.165, 1.54) is 96.3 Å². The number of unbranched alkanes of at least 4 members (excludes halogenated alkanes) is 20. The molecule has 50 heavy (non-hydrogen) atoms. The number of carbonyl (C=O) groups is 1. The van der Waals surface area contributed by atoms with Crippen LogP contribution in [0.4, 0.5) is 0 Å². The van der Waals surface area contributed by atoms with Gasteiger partial charge in [0.25, 0.3) is 0 Å². The maximum Gasteiger partial charge on any atom is 0.249 e. The molecule has 0 aromatic carbocycles. The molecule has 0 aliphatic carbocycles. The van der Waals surface area contributed by atoms with E-state index >= 15 is 0 Å². The Morgan fingerprint density at radius 1 is 0.660 bits per heavy atom. The Bertz CT molecular complexity index is 814. The maximum atomic E-state index is 13.0. The van der Waals surface area contributed by atoms with Crippen molar-refractivity contribution in [3.8, 4) is 0 Å². The van der Waals surface area contributed by atoms with Crippen molar-refractivity contribution in [1.29, 1.82) is 0 Å². The molecule has 8 atom stereocenters. The summed E-state index contributed by atoms with van der Waals surface area (Å²) in [5, 5.41) is 64.5. The third-order valence-corrected chi connectivity index (χ3v) is 9.98. The monoisotopic (exact) mass is 716 g/mol. The van der Waals surface area contributed by atoms with Gasteiger partial charge in [0.2, 0.25) is 5.91 Å². The van der Waals surface area contributed by atoms with Crippen LogP contribution in [-0.2, 0) is 14.3 Å². The molecule has 1 amide bonds. The van der Waals surface area contributed by atoms with Crippen LogP contribution in [0.15, 0.2) is 12.2 Å². The highest BCUT2D eigenvalue weighted by atomic mass is 16.7. The standard InChI is InChI=1S/C40H77NO9/c1-3-5-7-9-11-13-15-17-19-20-22-24-26-28-33(43)32(31-49-40-38(47)37(46)36(45)35(30-42)50-40)41-39(48)34(44)29-27-25-23-21-18-16-14-12-10-8-6-4-2/h18,21,32-38,40,42-47H,3-17,19-20,22-31H2,1-2H3,(H,41,48)/b21-18-. The van der Waals surface area contributed by atoms with Crippen LogP contribution < -0.4 is 5.32 Å². The lowest BCUT2D eigenvalue weighted by Gasteiger charge is -2.40. The highest BCUT2D eigenvalue weighted by Crippen LogP contribution is 2.23. The van der Waals surface area contributed by atoms with Gasteiger partial charge in [-0.15, -0.1) is 0 Å². The van der Waals surface area contributed by atoms with Crippen LogP contribution in [0.25, 0.3) is 0 Å². The van der Waals surface area contributed by atoms with Gasteiger partial charge in [0.1, 0.15) is 30.5 Å². The number of aliphatic hydroxyl groups is 6. The van der Waals surface area contributed by atoms with E-state index in [1.807, 2.05) is 0 Å². The van der Waals surface area contributed by atoms with E-state index < -0.39 is 61.5 Å². The molecule has 1 rings (SSSR count). The van der Waals surface area contributed by atoms with Crippen LogP contribution in [0.1, 0.15) is 174 Å². The molecule has 1 aliphatic rings. The molecule has 0 saturated carbocycles. The minimum atomic E-state index is -1.60. The summed E-state index contributed by atoms with van der Waals surface area (Å²) < 4.78 is 11.1. The Balaban J connectivity index is 2.48. The first-order valence-corrected chi connectivity index (χ1v) is 20.5. The predicted octanol–water partition coefficient (Wildman–Crippen LogP) is 6.36. The van der Waals surface area contributed by atoms with Gasteiger partial charge in [-0.1, -0.05) is 148 Å². The van der Waals surface area contributed by atoms with E-state index in [-0.39, 0.29) is 6.61 Å². The molecule has 7 N–H and O–H groups in total. The van der Waals surface area contributed by atoms with Gasteiger partial charge >= 0.3 is 0 Å². The zero-order chi connectivity index (χ0) is 36.8. The van der Waals surface area contributed by atoms with Crippen molar-refractivity contribution in [1.82, 2.24) is 5.32 Å². The van der Waals surface area contributed by atoms with Crippen molar-refractivity contribution < 1.29 is 44.9 Å². The van der Waals surface area contributed by atoms with Gasteiger partial charge in [0.05, 0.1) is 25.4 Å². The van der Waals surface area contributed by atoms with Crippen LogP contribution in [-0.4, -0.2) is 98.7 Å². The van der Waals surface area contributed by atoms with Crippen LogP contribution in [0.5, 0.6) is 0 Å². The van der Waals surface area contributed by atoms with Crippen LogP contribution >= 0.6 is 0 Å². The number of ether oxygens (including phenoxy) is 2. The minimum absolute atomic E-state index is 0.260. The number of nitrogens with one attached hydrogen (secondary N) is 1. The molecule has 0 aromatic heterocycles. The Morgan fingerprint density at radius 3 is 1.64 bits per heavy atom. The molecule has 1 heterocycles. The van der Waals surface area contributed by atoms with Crippen molar-refractivity contribution in [2.24, 2.45) is 0 Å². The molecule has 1 saturated heterocycles. The number of allylic oxidation sites excluding steroid dienone is 2. The highest BCUT2D eigenvalue weighted by molar-refractivity contribution is 5.80. The molecule has 0 aromatic rings. The van der Waals surface area contributed by atoms with E-state index in [9.17, 15) is 35.4 Å². The molecule has 0 spiro atoms. The first-order chi connectivity index (χ1) is 24.3. The number of carbonyl (C=O) groups excluding carboxylic acids is 1.